The number of alkyl halides is 3. The molecule has 0 bridgehead atoms. The summed E-state index contributed by atoms with van der Waals surface area (Å²) in [5.74, 6) is 1.31. The maximum Gasteiger partial charge on any atom is 0.417 e. The molecule has 8 heteroatoms. The standard InChI is InChI=1S/C22H26F3N3O2/c1-3-30-19-7-4-16(5-8-19)15-27(2)21(29)17-10-12-28(13-11-17)20-9-6-18(14-26-20)22(23,24)25/h4-9,14,17H,3,10-13,15H2,1-2H3. The van der Waals surface area contributed by atoms with Crippen LogP contribution in [0.2, 0.25) is 0 Å². The van der Waals surface area contributed by atoms with Crippen LogP contribution < -0.4 is 9.64 Å². The molecule has 1 fully saturated rings. The number of halogens is 3. The number of ether oxygens (including phenoxy) is 1. The van der Waals surface area contributed by atoms with Gasteiger partial charge in [-0.2, -0.15) is 13.2 Å². The molecule has 0 atom stereocenters. The summed E-state index contributed by atoms with van der Waals surface area (Å²) in [6.07, 6.45) is -2.24. The number of benzene rings is 1. The second kappa shape index (κ2) is 9.36. The fourth-order valence-corrected chi connectivity index (χ4v) is 3.62. The van der Waals surface area contributed by atoms with Crippen molar-refractivity contribution in [2.75, 3.05) is 31.6 Å². The molecule has 0 aliphatic carbocycles. The minimum atomic E-state index is -4.39. The Morgan fingerprint density at radius 3 is 2.37 bits per heavy atom. The largest absolute Gasteiger partial charge is 0.494 e. The Morgan fingerprint density at radius 1 is 1.17 bits per heavy atom. The molecule has 30 heavy (non-hydrogen) atoms. The van der Waals surface area contributed by atoms with Crippen molar-refractivity contribution >= 4 is 11.7 Å². The second-order valence-electron chi connectivity index (χ2n) is 7.44. The van der Waals surface area contributed by atoms with Gasteiger partial charge in [0.2, 0.25) is 5.91 Å². The zero-order valence-electron chi connectivity index (χ0n) is 17.2. The van der Waals surface area contributed by atoms with E-state index in [2.05, 4.69) is 4.98 Å². The topological polar surface area (TPSA) is 45.7 Å². The zero-order valence-corrected chi connectivity index (χ0v) is 17.2. The lowest BCUT2D eigenvalue weighted by Gasteiger charge is -2.34. The average Bonchev–Trinajstić information content (AvgIpc) is 2.74. The van der Waals surface area contributed by atoms with Crippen molar-refractivity contribution in [3.8, 4) is 5.75 Å². The summed E-state index contributed by atoms with van der Waals surface area (Å²) in [6.45, 7) is 4.24. The lowest BCUT2D eigenvalue weighted by atomic mass is 9.95. The number of rotatable bonds is 6. The van der Waals surface area contributed by atoms with Crippen molar-refractivity contribution in [3.05, 3.63) is 53.7 Å². The van der Waals surface area contributed by atoms with Crippen molar-refractivity contribution in [2.45, 2.75) is 32.5 Å². The number of hydrogen-bond acceptors (Lipinski definition) is 4. The van der Waals surface area contributed by atoms with Crippen molar-refractivity contribution in [1.29, 1.82) is 0 Å². The fourth-order valence-electron chi connectivity index (χ4n) is 3.62. The third-order valence-corrected chi connectivity index (χ3v) is 5.27. The second-order valence-corrected chi connectivity index (χ2v) is 7.44. The summed E-state index contributed by atoms with van der Waals surface area (Å²) in [7, 11) is 1.79. The van der Waals surface area contributed by atoms with Crippen LogP contribution in [0, 0.1) is 5.92 Å². The molecule has 1 aromatic carbocycles. The van der Waals surface area contributed by atoms with E-state index in [1.807, 2.05) is 36.1 Å². The van der Waals surface area contributed by atoms with Crippen LogP contribution in [0.4, 0.5) is 19.0 Å². The van der Waals surface area contributed by atoms with Gasteiger partial charge in [-0.1, -0.05) is 12.1 Å². The van der Waals surface area contributed by atoms with E-state index in [4.69, 9.17) is 4.74 Å². The van der Waals surface area contributed by atoms with Crippen LogP contribution >= 0.6 is 0 Å². The molecule has 1 aromatic heterocycles. The van der Waals surface area contributed by atoms with Crippen LogP contribution in [0.25, 0.3) is 0 Å². The van der Waals surface area contributed by atoms with Crippen molar-refractivity contribution in [2.24, 2.45) is 5.92 Å². The molecule has 3 rings (SSSR count). The minimum Gasteiger partial charge on any atom is -0.494 e. The first-order valence-electron chi connectivity index (χ1n) is 10.0. The lowest BCUT2D eigenvalue weighted by Crippen LogP contribution is -2.41. The Kier molecular flexibility index (Phi) is 6.84. The number of pyridine rings is 1. The summed E-state index contributed by atoms with van der Waals surface area (Å²) in [5, 5.41) is 0. The van der Waals surface area contributed by atoms with E-state index in [9.17, 15) is 18.0 Å². The molecule has 1 aliphatic heterocycles. The van der Waals surface area contributed by atoms with Crippen LogP contribution in [0.15, 0.2) is 42.6 Å². The number of amides is 1. The average molecular weight is 421 g/mol. The van der Waals surface area contributed by atoms with E-state index in [1.165, 1.54) is 6.07 Å². The van der Waals surface area contributed by atoms with E-state index in [0.717, 1.165) is 23.6 Å². The summed E-state index contributed by atoms with van der Waals surface area (Å²) in [4.78, 5) is 20.4. The maximum atomic E-state index is 12.8. The molecule has 0 spiro atoms. The van der Waals surface area contributed by atoms with Gasteiger partial charge in [-0.15, -0.1) is 0 Å². The lowest BCUT2D eigenvalue weighted by molar-refractivity contribution is -0.138. The molecular formula is C22H26F3N3O2. The smallest absolute Gasteiger partial charge is 0.417 e. The number of carbonyl (C=O) groups excluding carboxylic acids is 1. The van der Waals surface area contributed by atoms with Gasteiger partial charge in [0.15, 0.2) is 0 Å². The molecule has 2 heterocycles. The SMILES string of the molecule is CCOc1ccc(CN(C)C(=O)C2CCN(c3ccc(C(F)(F)F)cn3)CC2)cc1. The minimum absolute atomic E-state index is 0.0870. The van der Waals surface area contributed by atoms with E-state index >= 15 is 0 Å². The number of nitrogens with zero attached hydrogens (tertiary/aromatic N) is 3. The van der Waals surface area contributed by atoms with Gasteiger partial charge in [0.1, 0.15) is 11.6 Å². The normalized spacial score (nSPS) is 15.2. The van der Waals surface area contributed by atoms with Gasteiger partial charge < -0.3 is 14.5 Å². The van der Waals surface area contributed by atoms with Gasteiger partial charge in [0.25, 0.3) is 0 Å². The van der Waals surface area contributed by atoms with E-state index < -0.39 is 11.7 Å². The summed E-state index contributed by atoms with van der Waals surface area (Å²) in [6, 6.07) is 10.1. The molecule has 1 amide bonds. The first kappa shape index (κ1) is 21.9. The Bertz CT molecular complexity index is 830. The monoisotopic (exact) mass is 421 g/mol. The molecule has 2 aromatic rings. The summed E-state index contributed by atoms with van der Waals surface area (Å²) < 4.78 is 43.5. The van der Waals surface area contributed by atoms with E-state index in [0.29, 0.717) is 44.9 Å². The molecule has 5 nitrogen and oxygen atoms in total. The molecule has 1 aliphatic rings. The summed E-state index contributed by atoms with van der Waals surface area (Å²) >= 11 is 0. The Balaban J connectivity index is 1.52. The number of hydrogen-bond donors (Lipinski definition) is 0. The maximum absolute atomic E-state index is 12.8. The highest BCUT2D eigenvalue weighted by molar-refractivity contribution is 5.79. The highest BCUT2D eigenvalue weighted by Crippen LogP contribution is 2.30. The quantitative estimate of drug-likeness (QED) is 0.695. The Morgan fingerprint density at radius 2 is 1.83 bits per heavy atom. The van der Waals surface area contributed by atoms with E-state index in [-0.39, 0.29) is 11.8 Å². The summed E-state index contributed by atoms with van der Waals surface area (Å²) in [5.41, 5.74) is 0.271. The highest BCUT2D eigenvalue weighted by Gasteiger charge is 2.32. The van der Waals surface area contributed by atoms with Crippen LogP contribution in [0.3, 0.4) is 0 Å². The first-order valence-corrected chi connectivity index (χ1v) is 10.0. The molecule has 0 saturated carbocycles. The zero-order chi connectivity index (χ0) is 21.7. The van der Waals surface area contributed by atoms with Crippen LogP contribution in [-0.4, -0.2) is 42.5 Å². The molecule has 162 valence electrons. The Labute approximate surface area is 174 Å². The van der Waals surface area contributed by atoms with Gasteiger partial charge in [0.05, 0.1) is 12.2 Å². The number of anilines is 1. The third-order valence-electron chi connectivity index (χ3n) is 5.27. The molecule has 0 N–H and O–H groups in total. The number of carbonyl (C=O) groups is 1. The van der Waals surface area contributed by atoms with Gasteiger partial charge in [-0.05, 0) is 49.6 Å². The van der Waals surface area contributed by atoms with Crippen molar-refractivity contribution in [3.63, 3.8) is 0 Å². The number of aromatic nitrogens is 1. The van der Waals surface area contributed by atoms with E-state index in [1.54, 1.807) is 11.9 Å². The highest BCUT2D eigenvalue weighted by atomic mass is 19.4. The van der Waals surface area contributed by atoms with Gasteiger partial charge in [0, 0.05) is 38.8 Å². The van der Waals surface area contributed by atoms with Crippen molar-refractivity contribution in [1.82, 2.24) is 9.88 Å². The van der Waals surface area contributed by atoms with Gasteiger partial charge in [-0.3, -0.25) is 4.79 Å². The van der Waals surface area contributed by atoms with Crippen LogP contribution in [0.5, 0.6) is 5.75 Å². The van der Waals surface area contributed by atoms with Crippen molar-refractivity contribution < 1.29 is 22.7 Å². The molecule has 0 unspecified atom stereocenters. The fraction of sp³-hybridized carbons (Fsp3) is 0.455. The first-order chi connectivity index (χ1) is 14.3. The number of piperidine rings is 1. The Hall–Kier alpha value is -2.77. The van der Waals surface area contributed by atoms with Crippen LogP contribution in [0.1, 0.15) is 30.9 Å². The predicted molar refractivity (Wildman–Crippen MR) is 108 cm³/mol. The van der Waals surface area contributed by atoms with Gasteiger partial charge >= 0.3 is 6.18 Å². The predicted octanol–water partition coefficient (Wildman–Crippen LogP) is 4.37. The molecule has 1 saturated heterocycles. The van der Waals surface area contributed by atoms with Gasteiger partial charge in [-0.25, -0.2) is 4.98 Å². The van der Waals surface area contributed by atoms with Crippen LogP contribution in [-0.2, 0) is 17.5 Å². The molecule has 0 radical (unpaired) electrons. The third kappa shape index (κ3) is 5.43. The molecular weight excluding hydrogens is 395 g/mol.